The highest BCUT2D eigenvalue weighted by Gasteiger charge is 2.52. The van der Waals surface area contributed by atoms with Crippen molar-refractivity contribution in [3.63, 3.8) is 0 Å². The highest BCUT2D eigenvalue weighted by atomic mass is 35.5. The number of carboxylic acids is 1. The molecule has 0 aromatic carbocycles. The summed E-state index contributed by atoms with van der Waals surface area (Å²) in [7, 11) is -0.466. The number of aromatic carboxylic acids is 1. The molecule has 0 unspecified atom stereocenters. The molecule has 1 aliphatic rings. The first-order valence-corrected chi connectivity index (χ1v) is 32.5. The summed E-state index contributed by atoms with van der Waals surface area (Å²) in [5.74, 6) is -1.05. The van der Waals surface area contributed by atoms with Gasteiger partial charge in [0.15, 0.2) is 0 Å². The van der Waals surface area contributed by atoms with Gasteiger partial charge in [-0.05, 0) is 181 Å². The van der Waals surface area contributed by atoms with Crippen molar-refractivity contribution in [2.75, 3.05) is 6.54 Å². The third-order valence-corrected chi connectivity index (χ3v) is 19.0. The number of pyridine rings is 6. The van der Waals surface area contributed by atoms with Gasteiger partial charge in [-0.25, -0.2) is 34.7 Å². The molecule has 1 amide bonds. The van der Waals surface area contributed by atoms with Crippen LogP contribution in [0.3, 0.4) is 0 Å². The van der Waals surface area contributed by atoms with Crippen molar-refractivity contribution in [2.45, 2.75) is 85.9 Å². The first kappa shape index (κ1) is 63.7. The zero-order valence-electron chi connectivity index (χ0n) is 47.2. The van der Waals surface area contributed by atoms with E-state index in [0.717, 1.165) is 85.8 Å². The lowest BCUT2D eigenvalue weighted by atomic mass is 9.77. The number of fused-ring (bicyclic) bond motifs is 6. The molecule has 15 nitrogen and oxygen atoms in total. The second-order valence-corrected chi connectivity index (χ2v) is 25.5. The van der Waals surface area contributed by atoms with Crippen LogP contribution < -0.4 is 10.8 Å². The van der Waals surface area contributed by atoms with E-state index in [1.165, 1.54) is 55.9 Å². The van der Waals surface area contributed by atoms with Gasteiger partial charge in [-0.15, -0.1) is 68.0 Å². The van der Waals surface area contributed by atoms with E-state index in [9.17, 15) is 9.59 Å². The predicted octanol–water partition coefficient (Wildman–Crippen LogP) is 16.1. The van der Waals surface area contributed by atoms with Crippen LogP contribution in [-0.2, 0) is 28.6 Å². The Morgan fingerprint density at radius 3 is 1.39 bits per heavy atom. The number of hydrogen-bond acceptors (Lipinski definition) is 19. The number of aryl methyl sites for hydroxylation is 3. The molecule has 1 fully saturated rings. The number of nitrogens with zero attached hydrogens (tertiary/aromatic N) is 9. The molecule has 12 aromatic heterocycles. The van der Waals surface area contributed by atoms with Gasteiger partial charge in [0.2, 0.25) is 0 Å². The fraction of sp³-hybridized carbons (Fsp3) is 0.230. The average molecular weight is 1280 g/mol. The third kappa shape index (κ3) is 15.0. The first-order valence-electron chi connectivity index (χ1n) is 26.4. The molecule has 0 bridgehead atoms. The number of amides is 1. The molecule has 0 radical (unpaired) electrons. The molecule has 85 heavy (non-hydrogen) atoms. The van der Waals surface area contributed by atoms with Gasteiger partial charge in [-0.1, -0.05) is 44.0 Å². The smallest absolute Gasteiger partial charge is 0.477 e. The standard InChI is InChI=1S/C14H15BN2O2S.C12H14N2OS.C10H8N2S.C10H9NO2S.C8H3ClN2S.C7H4ClNS/c1-13(2)14(3,4)19-15(18-13)11-7-9(8-16)17-12-10(11)5-6-20-12;1-3-8-7-10(11(15)13-4-2)14-12-9(8)5-6-16-12;1-2-7-5-8(6-11)12-10-9(7)3-4-13-10;1-2-6-5-8(10(12)13)11-9-7(6)3-4-14-9;9-7-3-5(4-10)11-8-6(7)1-2-12-8;8-6-1-3-9-7-5(6)2-4-10-7/h5-7H,1-4H3;5-7H,3-4H2,1-2H3,(H,13,15);3-5H,2H2,1H3;3-5H,2H2,1H3,(H,12,13);1-3H;1-4H. The molecule has 0 atom stereocenters. The lowest BCUT2D eigenvalue weighted by Gasteiger charge is -2.32. The average Bonchev–Trinajstić information content (AvgIpc) is 1.96. The van der Waals surface area contributed by atoms with Crippen molar-refractivity contribution >= 4 is 177 Å². The Balaban J connectivity index is 0.000000134. The van der Waals surface area contributed by atoms with Crippen LogP contribution in [0, 0.1) is 34.0 Å². The molecule has 430 valence electrons. The topological polar surface area (TPSA) is 234 Å². The van der Waals surface area contributed by atoms with E-state index < -0.39 is 24.3 Å². The SMILES string of the molecule is CC1(C)OB(c2cc(C#N)nc3sccc23)OC1(C)C.CCNC(=O)c1cc(CC)c2ccsc2n1.CCc1cc(C#N)nc2sccc12.CCc1cc(C(=O)O)nc2sccc12.Clc1ccnc2sccc12.N#Cc1cc(Cl)c2ccsc2n1. The van der Waals surface area contributed by atoms with E-state index in [-0.39, 0.29) is 11.6 Å². The molecule has 0 aliphatic carbocycles. The van der Waals surface area contributed by atoms with Crippen molar-refractivity contribution in [3.05, 3.63) is 166 Å². The second kappa shape index (κ2) is 28.7. The van der Waals surface area contributed by atoms with E-state index in [2.05, 4.69) is 73.3 Å². The van der Waals surface area contributed by atoms with Gasteiger partial charge in [-0.2, -0.15) is 15.8 Å². The van der Waals surface area contributed by atoms with Gasteiger partial charge >= 0.3 is 13.1 Å². The largest absolute Gasteiger partial charge is 0.495 e. The van der Waals surface area contributed by atoms with Gasteiger partial charge in [0.1, 0.15) is 75.7 Å². The van der Waals surface area contributed by atoms with Gasteiger partial charge < -0.3 is 19.7 Å². The van der Waals surface area contributed by atoms with Crippen LogP contribution in [0.2, 0.25) is 10.0 Å². The van der Waals surface area contributed by atoms with Crippen molar-refractivity contribution in [1.82, 2.24) is 35.2 Å². The summed E-state index contributed by atoms with van der Waals surface area (Å²) < 4.78 is 12.1. The van der Waals surface area contributed by atoms with E-state index >= 15 is 0 Å². The summed E-state index contributed by atoms with van der Waals surface area (Å²) in [5.41, 5.74) is 5.49. The Morgan fingerprint density at radius 2 is 0.918 bits per heavy atom. The Morgan fingerprint density at radius 1 is 0.529 bits per heavy atom. The number of carbonyl (C=O) groups excluding carboxylic acids is 1. The second-order valence-electron chi connectivity index (χ2n) is 19.4. The predicted molar refractivity (Wildman–Crippen MR) is 351 cm³/mol. The number of aromatic nitrogens is 6. The molecule has 1 saturated heterocycles. The number of nitrogens with one attached hydrogen (secondary N) is 1. The number of halogens is 2. The van der Waals surface area contributed by atoms with E-state index in [1.807, 2.05) is 116 Å². The quantitative estimate of drug-likeness (QED) is 0.141. The van der Waals surface area contributed by atoms with Crippen LogP contribution in [0.25, 0.3) is 61.3 Å². The Bertz CT molecular complexity index is 4480. The maximum atomic E-state index is 11.7. The van der Waals surface area contributed by atoms with Crippen LogP contribution in [0.1, 0.15) is 110 Å². The molecule has 1 aliphatic heterocycles. The maximum absolute atomic E-state index is 11.7. The van der Waals surface area contributed by atoms with Crippen molar-refractivity contribution in [3.8, 4) is 18.2 Å². The Labute approximate surface area is 524 Å². The third-order valence-electron chi connectivity index (χ3n) is 13.5. The number of nitriles is 3. The Kier molecular flexibility index (Phi) is 21.5. The van der Waals surface area contributed by atoms with Crippen LogP contribution >= 0.6 is 91.2 Å². The lowest BCUT2D eigenvalue weighted by Crippen LogP contribution is -2.41. The fourth-order valence-electron chi connectivity index (χ4n) is 8.47. The molecule has 12 aromatic rings. The number of carboxylic acid groups (broad SMARTS) is 1. The highest BCUT2D eigenvalue weighted by molar-refractivity contribution is 7.18. The van der Waals surface area contributed by atoms with Gasteiger partial charge in [0, 0.05) is 45.1 Å². The molecule has 24 heteroatoms. The summed E-state index contributed by atoms with van der Waals surface area (Å²) in [6.07, 6.45) is 4.42. The van der Waals surface area contributed by atoms with Crippen molar-refractivity contribution in [2.24, 2.45) is 0 Å². The lowest BCUT2D eigenvalue weighted by molar-refractivity contribution is 0.00578. The number of hydrogen-bond donors (Lipinski definition) is 2. The normalized spacial score (nSPS) is 12.7. The number of rotatable bonds is 7. The summed E-state index contributed by atoms with van der Waals surface area (Å²) in [4.78, 5) is 53.1. The van der Waals surface area contributed by atoms with Crippen molar-refractivity contribution in [1.29, 1.82) is 15.8 Å². The van der Waals surface area contributed by atoms with Crippen LogP contribution in [0.5, 0.6) is 0 Å². The van der Waals surface area contributed by atoms with E-state index in [4.69, 9.17) is 53.4 Å². The minimum Gasteiger partial charge on any atom is -0.477 e. The molecule has 2 N–H and O–H groups in total. The molecule has 13 heterocycles. The zero-order valence-corrected chi connectivity index (χ0v) is 53.6. The summed E-state index contributed by atoms with van der Waals surface area (Å²) in [6, 6.07) is 28.7. The molecule has 0 saturated carbocycles. The number of carbonyl (C=O) groups is 2. The highest BCUT2D eigenvalue weighted by Crippen LogP contribution is 2.37. The minimum atomic E-state index is -0.963. The monoisotopic (exact) mass is 1280 g/mol. The Hall–Kier alpha value is -7.37. The molecular weight excluding hydrogens is 1230 g/mol. The maximum Gasteiger partial charge on any atom is 0.495 e. The van der Waals surface area contributed by atoms with Crippen molar-refractivity contribution < 1.29 is 24.0 Å². The van der Waals surface area contributed by atoms with Gasteiger partial charge in [0.05, 0.1) is 21.2 Å². The van der Waals surface area contributed by atoms with E-state index in [0.29, 0.717) is 34.3 Å². The minimum absolute atomic E-state index is 0.0903. The summed E-state index contributed by atoms with van der Waals surface area (Å²) in [5, 5.41) is 57.7. The van der Waals surface area contributed by atoms with Crippen LogP contribution in [0.4, 0.5) is 0 Å². The van der Waals surface area contributed by atoms with E-state index in [1.54, 1.807) is 64.5 Å². The van der Waals surface area contributed by atoms with Gasteiger partial charge in [0.25, 0.3) is 5.91 Å². The van der Waals surface area contributed by atoms with Crippen LogP contribution in [-0.4, -0.2) is 71.8 Å². The van der Waals surface area contributed by atoms with Gasteiger partial charge in [-0.3, -0.25) is 4.79 Å². The molecule has 13 rings (SSSR count). The first-order chi connectivity index (χ1) is 40.8. The molecular formula is C61H53BCl2N10O5S6. The summed E-state index contributed by atoms with van der Waals surface area (Å²) in [6.45, 7) is 16.8. The summed E-state index contributed by atoms with van der Waals surface area (Å²) >= 11 is 21.0. The number of thiophene rings is 6. The fourth-order valence-corrected chi connectivity index (χ4v) is 13.8. The van der Waals surface area contributed by atoms with Crippen LogP contribution in [0.15, 0.2) is 111 Å². The molecule has 0 spiro atoms. The zero-order chi connectivity index (χ0) is 61.0.